The van der Waals surface area contributed by atoms with Gasteiger partial charge in [0.25, 0.3) is 0 Å². The number of nitrogens with zero attached hydrogens (tertiary/aromatic N) is 1. The predicted octanol–water partition coefficient (Wildman–Crippen LogP) is 1.86. The molecule has 13 heavy (non-hydrogen) atoms. The molecule has 0 aromatic heterocycles. The van der Waals surface area contributed by atoms with Gasteiger partial charge in [0.15, 0.2) is 0 Å². The lowest BCUT2D eigenvalue weighted by Crippen LogP contribution is -2.20. The summed E-state index contributed by atoms with van der Waals surface area (Å²) in [5.41, 5.74) is 3.35. The fourth-order valence-electron chi connectivity index (χ4n) is 1.39. The van der Waals surface area contributed by atoms with Gasteiger partial charge in [-0.2, -0.15) is 0 Å². The number of hydrogen-bond donors (Lipinski definition) is 1. The zero-order valence-electron chi connectivity index (χ0n) is 8.70. The molecule has 1 aromatic rings. The Morgan fingerprint density at radius 1 is 1.23 bits per heavy atom. The Bertz CT molecular complexity index is 294. The van der Waals surface area contributed by atoms with Crippen molar-refractivity contribution in [1.82, 2.24) is 4.90 Å². The van der Waals surface area contributed by atoms with Gasteiger partial charge in [0.1, 0.15) is 6.23 Å². The third-order valence-electron chi connectivity index (χ3n) is 2.19. The summed E-state index contributed by atoms with van der Waals surface area (Å²) in [5.74, 6) is 0. The maximum atomic E-state index is 9.80. The largest absolute Gasteiger partial charge is 0.374 e. The normalized spacial score (nSPS) is 13.4. The van der Waals surface area contributed by atoms with Gasteiger partial charge in [0.05, 0.1) is 0 Å². The summed E-state index contributed by atoms with van der Waals surface area (Å²) >= 11 is 0. The van der Waals surface area contributed by atoms with Crippen LogP contribution in [-0.2, 0) is 0 Å². The van der Waals surface area contributed by atoms with Crippen LogP contribution in [-0.4, -0.2) is 24.1 Å². The summed E-state index contributed by atoms with van der Waals surface area (Å²) in [5, 5.41) is 9.80. The highest BCUT2D eigenvalue weighted by Crippen LogP contribution is 2.19. The number of aliphatic hydroxyl groups excluding tert-OH is 1. The minimum atomic E-state index is -0.499. The van der Waals surface area contributed by atoms with Crippen molar-refractivity contribution in [2.24, 2.45) is 0 Å². The van der Waals surface area contributed by atoms with Gasteiger partial charge in [0, 0.05) is 0 Å². The van der Waals surface area contributed by atoms with E-state index in [0.717, 1.165) is 11.1 Å². The van der Waals surface area contributed by atoms with E-state index in [0.29, 0.717) is 0 Å². The maximum Gasteiger partial charge on any atom is 0.133 e. The van der Waals surface area contributed by atoms with Gasteiger partial charge in [-0.15, -0.1) is 0 Å². The Balaban J connectivity index is 3.01. The lowest BCUT2D eigenvalue weighted by Gasteiger charge is -2.20. The third-order valence-corrected chi connectivity index (χ3v) is 2.19. The van der Waals surface area contributed by atoms with Crippen LogP contribution in [0.3, 0.4) is 0 Å². The zero-order valence-corrected chi connectivity index (χ0v) is 8.70. The van der Waals surface area contributed by atoms with E-state index >= 15 is 0 Å². The molecule has 0 amide bonds. The molecule has 0 saturated carbocycles. The molecule has 1 unspecified atom stereocenters. The summed E-state index contributed by atoms with van der Waals surface area (Å²) in [6.07, 6.45) is -0.499. The second-order valence-electron chi connectivity index (χ2n) is 3.70. The van der Waals surface area contributed by atoms with Crippen LogP contribution in [0.5, 0.6) is 0 Å². The molecule has 1 rings (SSSR count). The summed E-state index contributed by atoms with van der Waals surface area (Å²) in [7, 11) is 3.73. The number of aliphatic hydroxyl groups is 1. The lowest BCUT2D eigenvalue weighted by atomic mass is 10.0. The molecular weight excluding hydrogens is 162 g/mol. The minimum absolute atomic E-state index is 0.499. The van der Waals surface area contributed by atoms with Gasteiger partial charge < -0.3 is 5.11 Å². The van der Waals surface area contributed by atoms with E-state index < -0.39 is 6.23 Å². The molecule has 0 radical (unpaired) electrons. The molecule has 1 N–H and O–H groups in total. The highest BCUT2D eigenvalue weighted by molar-refractivity contribution is 5.31. The van der Waals surface area contributed by atoms with Gasteiger partial charge in [-0.05, 0) is 39.1 Å². The Morgan fingerprint density at radius 2 is 1.85 bits per heavy atom. The van der Waals surface area contributed by atoms with Gasteiger partial charge in [-0.25, -0.2) is 0 Å². The van der Waals surface area contributed by atoms with Crippen molar-refractivity contribution >= 4 is 0 Å². The second-order valence-corrected chi connectivity index (χ2v) is 3.70. The molecule has 0 aliphatic rings. The second kappa shape index (κ2) is 3.90. The highest BCUT2D eigenvalue weighted by atomic mass is 16.3. The molecule has 72 valence electrons. The van der Waals surface area contributed by atoms with Crippen molar-refractivity contribution in [2.75, 3.05) is 14.1 Å². The fraction of sp³-hybridized carbons (Fsp3) is 0.455. The van der Waals surface area contributed by atoms with E-state index in [-0.39, 0.29) is 0 Å². The van der Waals surface area contributed by atoms with Crippen LogP contribution in [0.2, 0.25) is 0 Å². The Kier molecular flexibility index (Phi) is 3.07. The van der Waals surface area contributed by atoms with Crippen LogP contribution in [0.4, 0.5) is 0 Å². The molecule has 0 saturated heterocycles. The lowest BCUT2D eigenvalue weighted by molar-refractivity contribution is 0.0390. The van der Waals surface area contributed by atoms with Crippen LogP contribution in [0.1, 0.15) is 22.9 Å². The first-order chi connectivity index (χ1) is 6.02. The highest BCUT2D eigenvalue weighted by Gasteiger charge is 2.11. The third kappa shape index (κ3) is 2.29. The number of benzene rings is 1. The van der Waals surface area contributed by atoms with E-state index in [2.05, 4.69) is 13.0 Å². The molecule has 0 aliphatic heterocycles. The van der Waals surface area contributed by atoms with Crippen LogP contribution < -0.4 is 0 Å². The van der Waals surface area contributed by atoms with E-state index in [4.69, 9.17) is 0 Å². The van der Waals surface area contributed by atoms with Crippen molar-refractivity contribution in [3.05, 3.63) is 34.9 Å². The van der Waals surface area contributed by atoms with Crippen molar-refractivity contribution < 1.29 is 5.11 Å². The topological polar surface area (TPSA) is 23.5 Å². The zero-order chi connectivity index (χ0) is 10.0. The molecule has 0 bridgehead atoms. The van der Waals surface area contributed by atoms with Crippen molar-refractivity contribution in [1.29, 1.82) is 0 Å². The van der Waals surface area contributed by atoms with Gasteiger partial charge in [-0.1, -0.05) is 23.8 Å². The molecule has 0 spiro atoms. The monoisotopic (exact) mass is 179 g/mol. The molecule has 2 heteroatoms. The van der Waals surface area contributed by atoms with Crippen LogP contribution in [0.15, 0.2) is 18.2 Å². The average Bonchev–Trinajstić information content (AvgIpc) is 2.03. The molecule has 1 aromatic carbocycles. The van der Waals surface area contributed by atoms with Crippen LogP contribution in [0.25, 0.3) is 0 Å². The number of aryl methyl sites for hydroxylation is 2. The quantitative estimate of drug-likeness (QED) is 0.700. The van der Waals surface area contributed by atoms with Crippen molar-refractivity contribution in [2.45, 2.75) is 20.1 Å². The molecular formula is C11H17NO. The Hall–Kier alpha value is -0.860. The summed E-state index contributed by atoms with van der Waals surface area (Å²) in [4.78, 5) is 1.79. The maximum absolute atomic E-state index is 9.80. The number of rotatable bonds is 2. The molecule has 0 aliphatic carbocycles. The van der Waals surface area contributed by atoms with E-state index in [1.165, 1.54) is 5.56 Å². The predicted molar refractivity (Wildman–Crippen MR) is 54.6 cm³/mol. The van der Waals surface area contributed by atoms with Crippen molar-refractivity contribution in [3.63, 3.8) is 0 Å². The summed E-state index contributed by atoms with van der Waals surface area (Å²) < 4.78 is 0. The van der Waals surface area contributed by atoms with Crippen LogP contribution >= 0.6 is 0 Å². The van der Waals surface area contributed by atoms with Crippen molar-refractivity contribution in [3.8, 4) is 0 Å². The van der Waals surface area contributed by atoms with E-state index in [1.807, 2.05) is 33.2 Å². The van der Waals surface area contributed by atoms with E-state index in [9.17, 15) is 5.11 Å². The summed E-state index contributed by atoms with van der Waals surface area (Å²) in [6.45, 7) is 4.08. The fourth-order valence-corrected chi connectivity index (χ4v) is 1.39. The molecule has 1 atom stereocenters. The SMILES string of the molecule is Cc1ccc(C(O)N(C)C)c(C)c1. The standard InChI is InChI=1S/C11H17NO/c1-8-5-6-10(9(2)7-8)11(13)12(3)4/h5-7,11,13H,1-4H3. The average molecular weight is 179 g/mol. The molecule has 0 heterocycles. The number of hydrogen-bond acceptors (Lipinski definition) is 2. The smallest absolute Gasteiger partial charge is 0.133 e. The van der Waals surface area contributed by atoms with Gasteiger partial charge in [0.2, 0.25) is 0 Å². The molecule has 0 fully saturated rings. The first-order valence-corrected chi connectivity index (χ1v) is 4.44. The van der Waals surface area contributed by atoms with Gasteiger partial charge >= 0.3 is 0 Å². The summed E-state index contributed by atoms with van der Waals surface area (Å²) in [6, 6.07) is 6.09. The minimum Gasteiger partial charge on any atom is -0.374 e. The van der Waals surface area contributed by atoms with E-state index in [1.54, 1.807) is 4.90 Å². The van der Waals surface area contributed by atoms with Crippen LogP contribution in [0, 0.1) is 13.8 Å². The Labute approximate surface area is 79.8 Å². The van der Waals surface area contributed by atoms with Gasteiger partial charge in [-0.3, -0.25) is 4.90 Å². The first kappa shape index (κ1) is 10.2. The molecule has 2 nitrogen and oxygen atoms in total. The Morgan fingerprint density at radius 3 is 2.31 bits per heavy atom. The first-order valence-electron chi connectivity index (χ1n) is 4.44.